The Labute approximate surface area is 185 Å². The zero-order valence-corrected chi connectivity index (χ0v) is 17.6. The third kappa shape index (κ3) is 6.49. The van der Waals surface area contributed by atoms with Crippen LogP contribution in [0.15, 0.2) is 83.9 Å². The monoisotopic (exact) mass is 430 g/mol. The molecule has 2 aromatic carbocycles. The SMILES string of the molecule is COc1ccc(/C=N/NC(=O)/C(=C/Nc2nccc(C)n2)NC(=O)c2ccccc2)cc1. The van der Waals surface area contributed by atoms with Crippen molar-refractivity contribution in [1.82, 2.24) is 20.7 Å². The van der Waals surface area contributed by atoms with Gasteiger partial charge in [0.2, 0.25) is 5.95 Å². The van der Waals surface area contributed by atoms with Crippen LogP contribution >= 0.6 is 0 Å². The van der Waals surface area contributed by atoms with Crippen LogP contribution in [0, 0.1) is 6.92 Å². The van der Waals surface area contributed by atoms with E-state index in [1.165, 1.54) is 12.4 Å². The van der Waals surface area contributed by atoms with Gasteiger partial charge >= 0.3 is 0 Å². The summed E-state index contributed by atoms with van der Waals surface area (Å²) >= 11 is 0. The lowest BCUT2D eigenvalue weighted by Gasteiger charge is -2.09. The molecule has 9 nitrogen and oxygen atoms in total. The lowest BCUT2D eigenvalue weighted by atomic mass is 10.2. The number of aromatic nitrogens is 2. The molecule has 0 unspecified atom stereocenters. The Morgan fingerprint density at radius 3 is 2.47 bits per heavy atom. The highest BCUT2D eigenvalue weighted by Crippen LogP contribution is 2.09. The van der Waals surface area contributed by atoms with Crippen LogP contribution < -0.4 is 20.8 Å². The molecule has 162 valence electrons. The number of amides is 2. The summed E-state index contributed by atoms with van der Waals surface area (Å²) in [6.07, 6.45) is 4.37. The standard InChI is InChI=1S/C23H22N6O3/c1-16-12-13-24-23(27-16)25-15-20(28-21(30)18-6-4-3-5-7-18)22(31)29-26-14-17-8-10-19(32-2)11-9-17/h3-15H,1-2H3,(H,28,30)(H,29,31)(H,24,25,27)/b20-15-,26-14+. The van der Waals surface area contributed by atoms with Crippen molar-refractivity contribution in [3.63, 3.8) is 0 Å². The fraction of sp³-hybridized carbons (Fsp3) is 0.0870. The molecular weight excluding hydrogens is 408 g/mol. The van der Waals surface area contributed by atoms with Gasteiger partial charge in [-0.15, -0.1) is 0 Å². The van der Waals surface area contributed by atoms with Gasteiger partial charge in [-0.2, -0.15) is 5.10 Å². The second-order valence-corrected chi connectivity index (χ2v) is 6.52. The molecule has 0 fully saturated rings. The van der Waals surface area contributed by atoms with E-state index in [4.69, 9.17) is 4.74 Å². The molecule has 0 spiro atoms. The van der Waals surface area contributed by atoms with Crippen molar-refractivity contribution in [3.8, 4) is 5.75 Å². The molecule has 0 radical (unpaired) electrons. The molecule has 3 N–H and O–H groups in total. The smallest absolute Gasteiger partial charge is 0.289 e. The van der Waals surface area contributed by atoms with Crippen LogP contribution in [-0.2, 0) is 4.79 Å². The average molecular weight is 430 g/mol. The van der Waals surface area contributed by atoms with Crippen molar-refractivity contribution < 1.29 is 14.3 Å². The zero-order valence-electron chi connectivity index (χ0n) is 17.6. The minimum absolute atomic E-state index is 0.0594. The number of aryl methyl sites for hydroxylation is 1. The molecule has 3 aromatic rings. The van der Waals surface area contributed by atoms with E-state index in [1.54, 1.807) is 74.0 Å². The first-order chi connectivity index (χ1) is 15.5. The van der Waals surface area contributed by atoms with Crippen LogP contribution in [-0.4, -0.2) is 35.1 Å². The van der Waals surface area contributed by atoms with Gasteiger partial charge in [0.05, 0.1) is 13.3 Å². The number of hydrazone groups is 1. The number of carbonyl (C=O) groups excluding carboxylic acids is 2. The molecule has 0 aliphatic carbocycles. The van der Waals surface area contributed by atoms with Crippen LogP contribution in [0.3, 0.4) is 0 Å². The van der Waals surface area contributed by atoms with E-state index in [2.05, 4.69) is 31.1 Å². The first kappa shape index (κ1) is 22.2. The highest BCUT2D eigenvalue weighted by atomic mass is 16.5. The molecule has 0 saturated carbocycles. The number of ether oxygens (including phenoxy) is 1. The minimum atomic E-state index is -0.626. The summed E-state index contributed by atoms with van der Waals surface area (Å²) in [5.41, 5.74) is 4.25. The first-order valence-electron chi connectivity index (χ1n) is 9.65. The van der Waals surface area contributed by atoms with Crippen LogP contribution in [0.5, 0.6) is 5.75 Å². The van der Waals surface area contributed by atoms with Crippen molar-refractivity contribution >= 4 is 24.0 Å². The number of nitrogens with one attached hydrogen (secondary N) is 3. The molecule has 3 rings (SSSR count). The Kier molecular flexibility index (Phi) is 7.63. The van der Waals surface area contributed by atoms with E-state index in [9.17, 15) is 9.59 Å². The Morgan fingerprint density at radius 1 is 1.03 bits per heavy atom. The summed E-state index contributed by atoms with van der Waals surface area (Å²) in [6, 6.07) is 17.4. The maximum absolute atomic E-state index is 12.7. The Morgan fingerprint density at radius 2 is 1.78 bits per heavy atom. The number of methoxy groups -OCH3 is 1. The number of benzene rings is 2. The van der Waals surface area contributed by atoms with E-state index in [0.717, 1.165) is 11.3 Å². The zero-order chi connectivity index (χ0) is 22.8. The van der Waals surface area contributed by atoms with Crippen LogP contribution in [0.25, 0.3) is 0 Å². The second-order valence-electron chi connectivity index (χ2n) is 6.52. The lowest BCUT2D eigenvalue weighted by Crippen LogP contribution is -2.33. The maximum Gasteiger partial charge on any atom is 0.289 e. The van der Waals surface area contributed by atoms with Gasteiger partial charge in [0.1, 0.15) is 11.4 Å². The Hall–Kier alpha value is -4.53. The lowest BCUT2D eigenvalue weighted by molar-refractivity contribution is -0.117. The number of anilines is 1. The topological polar surface area (TPSA) is 118 Å². The van der Waals surface area contributed by atoms with Gasteiger partial charge in [0.15, 0.2) is 0 Å². The van der Waals surface area contributed by atoms with Gasteiger partial charge in [0.25, 0.3) is 11.8 Å². The third-order valence-corrected chi connectivity index (χ3v) is 4.16. The molecule has 2 amide bonds. The number of carbonyl (C=O) groups is 2. The summed E-state index contributed by atoms with van der Waals surface area (Å²) in [6.45, 7) is 1.81. The highest BCUT2D eigenvalue weighted by molar-refractivity contribution is 6.03. The van der Waals surface area contributed by atoms with Gasteiger partial charge in [0, 0.05) is 23.7 Å². The molecule has 0 aliphatic heterocycles. The number of rotatable bonds is 8. The van der Waals surface area contributed by atoms with Gasteiger partial charge in [-0.3, -0.25) is 9.59 Å². The summed E-state index contributed by atoms with van der Waals surface area (Å²) in [4.78, 5) is 33.5. The minimum Gasteiger partial charge on any atom is -0.497 e. The van der Waals surface area contributed by atoms with E-state index < -0.39 is 11.8 Å². The van der Waals surface area contributed by atoms with E-state index in [-0.39, 0.29) is 11.6 Å². The molecule has 0 bridgehead atoms. The fourth-order valence-corrected chi connectivity index (χ4v) is 2.51. The first-order valence-corrected chi connectivity index (χ1v) is 9.65. The van der Waals surface area contributed by atoms with Crippen molar-refractivity contribution in [2.24, 2.45) is 5.10 Å². The van der Waals surface area contributed by atoms with Crippen LogP contribution in [0.1, 0.15) is 21.6 Å². The van der Waals surface area contributed by atoms with Crippen molar-refractivity contribution in [2.45, 2.75) is 6.92 Å². The highest BCUT2D eigenvalue weighted by Gasteiger charge is 2.14. The molecule has 0 saturated heterocycles. The molecule has 9 heteroatoms. The summed E-state index contributed by atoms with van der Waals surface area (Å²) < 4.78 is 5.11. The summed E-state index contributed by atoms with van der Waals surface area (Å²) in [5.74, 6) is -0.0762. The number of hydrogen-bond donors (Lipinski definition) is 3. The van der Waals surface area contributed by atoms with Gasteiger partial charge < -0.3 is 15.4 Å². The number of nitrogens with zero attached hydrogens (tertiary/aromatic N) is 3. The van der Waals surface area contributed by atoms with Gasteiger partial charge in [-0.25, -0.2) is 15.4 Å². The van der Waals surface area contributed by atoms with Crippen molar-refractivity contribution in [1.29, 1.82) is 0 Å². The Bertz CT molecular complexity index is 1130. The summed E-state index contributed by atoms with van der Waals surface area (Å²) in [5, 5.41) is 9.35. The second kappa shape index (κ2) is 11.0. The van der Waals surface area contributed by atoms with E-state index >= 15 is 0 Å². The fourth-order valence-electron chi connectivity index (χ4n) is 2.51. The molecule has 1 aromatic heterocycles. The van der Waals surface area contributed by atoms with Gasteiger partial charge in [-0.05, 0) is 55.0 Å². The quantitative estimate of drug-likeness (QED) is 0.287. The van der Waals surface area contributed by atoms with E-state index in [0.29, 0.717) is 11.3 Å². The Balaban J connectivity index is 1.73. The molecule has 0 atom stereocenters. The predicted octanol–water partition coefficient (Wildman–Crippen LogP) is 2.63. The largest absolute Gasteiger partial charge is 0.497 e. The molecule has 32 heavy (non-hydrogen) atoms. The van der Waals surface area contributed by atoms with Crippen LogP contribution in [0.4, 0.5) is 5.95 Å². The molecule has 0 aliphatic rings. The predicted molar refractivity (Wildman–Crippen MR) is 121 cm³/mol. The summed E-state index contributed by atoms with van der Waals surface area (Å²) in [7, 11) is 1.58. The molecule has 1 heterocycles. The average Bonchev–Trinajstić information content (AvgIpc) is 2.82. The van der Waals surface area contributed by atoms with Gasteiger partial charge in [-0.1, -0.05) is 18.2 Å². The van der Waals surface area contributed by atoms with E-state index in [1.807, 2.05) is 6.92 Å². The van der Waals surface area contributed by atoms with Crippen LogP contribution in [0.2, 0.25) is 0 Å². The van der Waals surface area contributed by atoms with Crippen molar-refractivity contribution in [3.05, 3.63) is 95.6 Å². The number of hydrogen-bond acceptors (Lipinski definition) is 7. The van der Waals surface area contributed by atoms with Crippen molar-refractivity contribution in [2.75, 3.05) is 12.4 Å². The third-order valence-electron chi connectivity index (χ3n) is 4.16. The normalized spacial score (nSPS) is 11.1. The maximum atomic E-state index is 12.7. The molecular formula is C23H22N6O3.